The second-order valence-corrected chi connectivity index (χ2v) is 10.5. The number of aromatic nitrogens is 2. The molecule has 5 aromatic rings. The molecule has 3 aromatic carbocycles. The van der Waals surface area contributed by atoms with Crippen LogP contribution in [0.15, 0.2) is 81.3 Å². The molecule has 5 rings (SSSR count). The van der Waals surface area contributed by atoms with E-state index in [1.54, 1.807) is 41.7 Å². The van der Waals surface area contributed by atoms with Gasteiger partial charge in [0.05, 0.1) is 33.7 Å². The minimum absolute atomic E-state index is 0.0897. The summed E-state index contributed by atoms with van der Waals surface area (Å²) in [7, 11) is -2.34. The van der Waals surface area contributed by atoms with Crippen LogP contribution in [0.1, 0.15) is 5.01 Å². The molecule has 0 unspecified atom stereocenters. The van der Waals surface area contributed by atoms with Crippen LogP contribution in [0, 0.1) is 0 Å². The number of ether oxygens (including phenoxy) is 1. The fourth-order valence-electron chi connectivity index (χ4n) is 3.15. The maximum absolute atomic E-state index is 12.9. The summed E-state index contributed by atoms with van der Waals surface area (Å²) in [4.78, 5) is 9.16. The lowest BCUT2D eigenvalue weighted by atomic mass is 10.3. The molecule has 7 nitrogen and oxygen atoms in total. The Hall–Kier alpha value is -3.08. The van der Waals surface area contributed by atoms with Crippen molar-refractivity contribution in [2.24, 2.45) is 0 Å². The molecule has 32 heavy (non-hydrogen) atoms. The fourth-order valence-corrected chi connectivity index (χ4v) is 6.04. The van der Waals surface area contributed by atoms with Crippen LogP contribution in [0.25, 0.3) is 21.3 Å². The van der Waals surface area contributed by atoms with Crippen molar-refractivity contribution in [1.82, 2.24) is 9.97 Å². The largest absolute Gasteiger partial charge is 0.495 e. The fraction of sp³-hybridized carbons (Fsp3) is 0.0909. The van der Waals surface area contributed by atoms with Gasteiger partial charge in [0.25, 0.3) is 15.2 Å². The number of fused-ring (bicyclic) bond motifs is 2. The topological polar surface area (TPSA) is 94.3 Å². The first-order valence-corrected chi connectivity index (χ1v) is 12.8. The first-order valence-electron chi connectivity index (χ1n) is 9.55. The standard InChI is InChI=1S/C22H17N3O4S3/c1-28-18-8-4-2-6-15(18)25-32(26,27)14-10-11-19-17(12-14)24-22(29-19)30-13-21-23-16-7-3-5-9-20(16)31-21/h2-12,25H,13H2,1H3. The number of thioether (sulfide) groups is 1. The molecule has 0 saturated carbocycles. The summed E-state index contributed by atoms with van der Waals surface area (Å²) in [5.74, 6) is 1.05. The van der Waals surface area contributed by atoms with Crippen molar-refractivity contribution in [1.29, 1.82) is 0 Å². The summed E-state index contributed by atoms with van der Waals surface area (Å²) in [5.41, 5.74) is 2.33. The van der Waals surface area contributed by atoms with E-state index >= 15 is 0 Å². The van der Waals surface area contributed by atoms with Crippen molar-refractivity contribution in [3.8, 4) is 5.75 Å². The number of anilines is 1. The lowest BCUT2D eigenvalue weighted by molar-refractivity contribution is 0.417. The summed E-state index contributed by atoms with van der Waals surface area (Å²) in [6.07, 6.45) is 0. The summed E-state index contributed by atoms with van der Waals surface area (Å²) >= 11 is 3.06. The molecule has 0 spiro atoms. The molecule has 1 N–H and O–H groups in total. The second kappa shape index (κ2) is 8.45. The lowest BCUT2D eigenvalue weighted by Gasteiger charge is -2.11. The van der Waals surface area contributed by atoms with Gasteiger partial charge in [-0.15, -0.1) is 11.3 Å². The molecule has 0 aliphatic carbocycles. The van der Waals surface area contributed by atoms with Gasteiger partial charge in [0.2, 0.25) is 0 Å². The van der Waals surface area contributed by atoms with Gasteiger partial charge in [-0.25, -0.2) is 18.4 Å². The predicted molar refractivity (Wildman–Crippen MR) is 127 cm³/mol. The highest BCUT2D eigenvalue weighted by molar-refractivity contribution is 7.98. The molecule has 0 fully saturated rings. The Morgan fingerprint density at radius 1 is 1.03 bits per heavy atom. The number of rotatable bonds is 7. The number of benzene rings is 3. The number of oxazole rings is 1. The predicted octanol–water partition coefficient (Wildman–Crippen LogP) is 5.54. The normalized spacial score (nSPS) is 11.8. The van der Waals surface area contributed by atoms with Crippen molar-refractivity contribution < 1.29 is 17.6 Å². The molecular weight excluding hydrogens is 466 g/mol. The van der Waals surface area contributed by atoms with Crippen LogP contribution in [0.4, 0.5) is 5.69 Å². The Morgan fingerprint density at radius 2 is 1.84 bits per heavy atom. The minimum atomic E-state index is -3.83. The average Bonchev–Trinajstić information content (AvgIpc) is 3.40. The van der Waals surface area contributed by atoms with Gasteiger partial charge >= 0.3 is 0 Å². The smallest absolute Gasteiger partial charge is 0.262 e. The molecule has 0 aliphatic heterocycles. The second-order valence-electron chi connectivity index (χ2n) is 6.78. The number of hydrogen-bond acceptors (Lipinski definition) is 8. The number of methoxy groups -OCH3 is 1. The van der Waals surface area contributed by atoms with Gasteiger partial charge in [-0.1, -0.05) is 36.0 Å². The zero-order chi connectivity index (χ0) is 22.1. The highest BCUT2D eigenvalue weighted by Crippen LogP contribution is 2.31. The molecule has 0 saturated heterocycles. The van der Waals surface area contributed by atoms with Crippen molar-refractivity contribution in [2.75, 3.05) is 11.8 Å². The zero-order valence-corrected chi connectivity index (χ0v) is 19.3. The first-order chi connectivity index (χ1) is 15.5. The van der Waals surface area contributed by atoms with Gasteiger partial charge in [-0.3, -0.25) is 4.72 Å². The van der Waals surface area contributed by atoms with E-state index in [1.165, 1.54) is 31.0 Å². The third-order valence-electron chi connectivity index (χ3n) is 4.66. The van der Waals surface area contributed by atoms with Crippen LogP contribution >= 0.6 is 23.1 Å². The van der Waals surface area contributed by atoms with Gasteiger partial charge in [-0.2, -0.15) is 0 Å². The molecule has 2 heterocycles. The Labute approximate surface area is 192 Å². The number of hydrogen-bond donors (Lipinski definition) is 1. The molecule has 0 atom stereocenters. The van der Waals surface area contributed by atoms with Crippen molar-refractivity contribution >= 4 is 60.1 Å². The molecular formula is C22H17N3O4S3. The number of sulfonamides is 1. The van der Waals surface area contributed by atoms with E-state index in [4.69, 9.17) is 9.15 Å². The molecule has 162 valence electrons. The molecule has 0 aliphatic rings. The number of thiazole rings is 1. The van der Waals surface area contributed by atoms with E-state index in [-0.39, 0.29) is 4.90 Å². The van der Waals surface area contributed by atoms with Crippen LogP contribution < -0.4 is 9.46 Å². The quantitative estimate of drug-likeness (QED) is 0.304. The number of para-hydroxylation sites is 3. The number of nitrogens with one attached hydrogen (secondary N) is 1. The molecule has 0 bridgehead atoms. The van der Waals surface area contributed by atoms with Crippen LogP contribution in [-0.2, 0) is 15.8 Å². The monoisotopic (exact) mass is 483 g/mol. The van der Waals surface area contributed by atoms with Crippen LogP contribution in [0.3, 0.4) is 0 Å². The zero-order valence-electron chi connectivity index (χ0n) is 16.8. The molecule has 0 amide bonds. The Morgan fingerprint density at radius 3 is 2.69 bits per heavy atom. The van der Waals surface area contributed by atoms with Crippen LogP contribution in [0.5, 0.6) is 5.75 Å². The van der Waals surface area contributed by atoms with Gasteiger partial charge in [0.15, 0.2) is 5.58 Å². The summed E-state index contributed by atoms with van der Waals surface area (Å²) in [6.45, 7) is 0. The van der Waals surface area contributed by atoms with E-state index in [2.05, 4.69) is 14.7 Å². The van der Waals surface area contributed by atoms with E-state index in [1.807, 2.05) is 24.3 Å². The third-order valence-corrected chi connectivity index (χ3v) is 8.08. The first kappa shape index (κ1) is 20.8. The van der Waals surface area contributed by atoms with Gasteiger partial charge in [0, 0.05) is 0 Å². The summed E-state index contributed by atoms with van der Waals surface area (Å²) in [6, 6.07) is 19.4. The highest BCUT2D eigenvalue weighted by atomic mass is 32.2. The van der Waals surface area contributed by atoms with Gasteiger partial charge in [0.1, 0.15) is 16.3 Å². The Balaban J connectivity index is 1.36. The average molecular weight is 484 g/mol. The minimum Gasteiger partial charge on any atom is -0.495 e. The molecule has 0 radical (unpaired) electrons. The van der Waals surface area contributed by atoms with E-state index in [9.17, 15) is 8.42 Å². The van der Waals surface area contributed by atoms with Gasteiger partial charge < -0.3 is 9.15 Å². The van der Waals surface area contributed by atoms with Crippen molar-refractivity contribution in [3.63, 3.8) is 0 Å². The van der Waals surface area contributed by atoms with Gasteiger partial charge in [-0.05, 0) is 42.5 Å². The summed E-state index contributed by atoms with van der Waals surface area (Å²) in [5, 5.41) is 1.44. The van der Waals surface area contributed by atoms with E-state index in [0.717, 1.165) is 15.2 Å². The number of nitrogens with zero attached hydrogens (tertiary/aromatic N) is 2. The van der Waals surface area contributed by atoms with Crippen LogP contribution in [0.2, 0.25) is 0 Å². The maximum Gasteiger partial charge on any atom is 0.262 e. The Kier molecular flexibility index (Phi) is 5.50. The highest BCUT2D eigenvalue weighted by Gasteiger charge is 2.19. The molecule has 2 aromatic heterocycles. The van der Waals surface area contributed by atoms with E-state index in [0.29, 0.717) is 33.5 Å². The van der Waals surface area contributed by atoms with Crippen LogP contribution in [-0.4, -0.2) is 25.5 Å². The van der Waals surface area contributed by atoms with Crippen molar-refractivity contribution in [2.45, 2.75) is 15.9 Å². The maximum atomic E-state index is 12.9. The van der Waals surface area contributed by atoms with E-state index < -0.39 is 10.0 Å². The molecule has 10 heteroatoms. The Bertz CT molecular complexity index is 1490. The summed E-state index contributed by atoms with van der Waals surface area (Å²) < 4.78 is 40.5. The van der Waals surface area contributed by atoms with Crippen molar-refractivity contribution in [3.05, 3.63) is 71.7 Å². The lowest BCUT2D eigenvalue weighted by Crippen LogP contribution is -2.13. The SMILES string of the molecule is COc1ccccc1NS(=O)(=O)c1ccc2oc(SCc3nc4ccccc4s3)nc2c1. The third kappa shape index (κ3) is 4.16.